The number of ketones is 1. The van der Waals surface area contributed by atoms with Crippen LogP contribution in [0, 0.1) is 6.92 Å². The number of anilines is 1. The Hall–Kier alpha value is -3.58. The van der Waals surface area contributed by atoms with E-state index in [4.69, 9.17) is 20.9 Å². The number of amides is 1. The molecule has 7 nitrogen and oxygen atoms in total. The predicted octanol–water partition coefficient (Wildman–Crippen LogP) is 4.47. The average Bonchev–Trinajstić information content (AvgIpc) is 3.35. The molecule has 152 valence electrons. The first-order valence-electron chi connectivity index (χ1n) is 9.15. The van der Waals surface area contributed by atoms with Gasteiger partial charge < -0.3 is 19.1 Å². The van der Waals surface area contributed by atoms with Gasteiger partial charge in [0.1, 0.15) is 12.0 Å². The summed E-state index contributed by atoms with van der Waals surface area (Å²) in [5, 5.41) is 7.37. The van der Waals surface area contributed by atoms with Gasteiger partial charge in [-0.3, -0.25) is 9.59 Å². The lowest BCUT2D eigenvalue weighted by Crippen LogP contribution is -2.23. The summed E-state index contributed by atoms with van der Waals surface area (Å²) in [6.45, 7) is 2.34. The van der Waals surface area contributed by atoms with Gasteiger partial charge in [-0.05, 0) is 42.8 Å². The Kier molecular flexibility index (Phi) is 5.29. The minimum absolute atomic E-state index is 0.175. The van der Waals surface area contributed by atoms with Crippen molar-refractivity contribution in [3.05, 3.63) is 76.6 Å². The number of aromatic nitrogens is 2. The Labute approximate surface area is 177 Å². The molecule has 0 atom stereocenters. The molecule has 0 saturated carbocycles. The summed E-state index contributed by atoms with van der Waals surface area (Å²) in [4.78, 5) is 25.6. The van der Waals surface area contributed by atoms with Gasteiger partial charge >= 0.3 is 0 Å². The smallest absolute Gasteiger partial charge is 0.298 e. The maximum Gasteiger partial charge on any atom is 0.298 e. The quantitative estimate of drug-likeness (QED) is 0.365. The van der Waals surface area contributed by atoms with E-state index < -0.39 is 11.7 Å². The zero-order chi connectivity index (χ0) is 21.3. The molecule has 30 heavy (non-hydrogen) atoms. The van der Waals surface area contributed by atoms with Crippen LogP contribution in [-0.4, -0.2) is 28.5 Å². The van der Waals surface area contributed by atoms with Crippen molar-refractivity contribution in [3.8, 4) is 5.75 Å². The second-order valence-electron chi connectivity index (χ2n) is 6.72. The minimum atomic E-state index is -0.791. The van der Waals surface area contributed by atoms with Crippen molar-refractivity contribution < 1.29 is 18.8 Å². The van der Waals surface area contributed by atoms with Crippen molar-refractivity contribution in [2.75, 3.05) is 12.4 Å². The van der Waals surface area contributed by atoms with Crippen LogP contribution in [0.5, 0.6) is 5.75 Å². The normalized spacial score (nSPS) is 10.9. The average molecular weight is 424 g/mol. The third-order valence-electron chi connectivity index (χ3n) is 4.90. The van der Waals surface area contributed by atoms with Crippen LogP contribution in [-0.2, 0) is 11.3 Å². The lowest BCUT2D eigenvalue weighted by molar-refractivity contribution is -0.112. The first-order chi connectivity index (χ1) is 14.5. The lowest BCUT2D eigenvalue weighted by atomic mass is 10.1. The fraction of sp³-hybridized carbons (Fsp3) is 0.136. The highest BCUT2D eigenvalue weighted by Gasteiger charge is 2.26. The van der Waals surface area contributed by atoms with Crippen molar-refractivity contribution in [1.29, 1.82) is 0 Å². The summed E-state index contributed by atoms with van der Waals surface area (Å²) in [5.74, 6) is -0.686. The van der Waals surface area contributed by atoms with E-state index in [-0.39, 0.29) is 5.82 Å². The Morgan fingerprint density at radius 3 is 2.60 bits per heavy atom. The number of methoxy groups -OCH3 is 1. The van der Waals surface area contributed by atoms with E-state index >= 15 is 0 Å². The number of ether oxygens (including phenoxy) is 1. The topological polar surface area (TPSA) is 86.4 Å². The van der Waals surface area contributed by atoms with Gasteiger partial charge in [0.25, 0.3) is 11.7 Å². The van der Waals surface area contributed by atoms with E-state index in [1.165, 1.54) is 12.3 Å². The molecule has 4 aromatic rings. The van der Waals surface area contributed by atoms with Gasteiger partial charge in [-0.15, -0.1) is 0 Å². The van der Waals surface area contributed by atoms with Crippen molar-refractivity contribution in [2.24, 2.45) is 0 Å². The van der Waals surface area contributed by atoms with E-state index in [1.54, 1.807) is 13.2 Å². The van der Waals surface area contributed by atoms with Crippen molar-refractivity contribution >= 4 is 40.0 Å². The second-order valence-corrected chi connectivity index (χ2v) is 7.16. The second kappa shape index (κ2) is 8.04. The zero-order valence-corrected chi connectivity index (χ0v) is 17.1. The lowest BCUT2D eigenvalue weighted by Gasteiger charge is -2.09. The molecule has 4 rings (SSSR count). The molecule has 0 aliphatic heterocycles. The maximum atomic E-state index is 13.1. The van der Waals surface area contributed by atoms with Gasteiger partial charge in [0, 0.05) is 34.2 Å². The highest BCUT2D eigenvalue weighted by Crippen LogP contribution is 2.31. The van der Waals surface area contributed by atoms with Crippen LogP contribution in [0.15, 0.2) is 59.3 Å². The van der Waals surface area contributed by atoms with Gasteiger partial charge in [-0.25, -0.2) is 0 Å². The zero-order valence-electron chi connectivity index (χ0n) is 16.3. The van der Waals surface area contributed by atoms with E-state index in [2.05, 4.69) is 10.5 Å². The fourth-order valence-electron chi connectivity index (χ4n) is 3.41. The van der Waals surface area contributed by atoms with Crippen molar-refractivity contribution in [3.63, 3.8) is 0 Å². The van der Waals surface area contributed by atoms with Crippen LogP contribution in [0.25, 0.3) is 10.9 Å². The number of halogens is 1. The van der Waals surface area contributed by atoms with Crippen molar-refractivity contribution in [1.82, 2.24) is 9.72 Å². The standard InChI is InChI=1S/C22H18ClN3O4/c1-13-20(21(27)22(28)24-19-9-10-30-25-19)17-11-16(29-2)7-8-18(17)26(13)12-14-3-5-15(23)6-4-14/h3-11H,12H2,1-2H3,(H,24,25,28). The van der Waals surface area contributed by atoms with Crippen LogP contribution in [0.3, 0.4) is 0 Å². The Morgan fingerprint density at radius 1 is 1.17 bits per heavy atom. The number of hydrogen-bond donors (Lipinski definition) is 1. The van der Waals surface area contributed by atoms with E-state index in [1.807, 2.05) is 47.9 Å². The predicted molar refractivity (Wildman–Crippen MR) is 113 cm³/mol. The Bertz CT molecular complexity index is 1230. The van der Waals surface area contributed by atoms with Gasteiger partial charge in [-0.1, -0.05) is 28.9 Å². The molecule has 2 aromatic carbocycles. The molecule has 2 heterocycles. The van der Waals surface area contributed by atoms with Gasteiger partial charge in [0.15, 0.2) is 5.82 Å². The Morgan fingerprint density at radius 2 is 1.93 bits per heavy atom. The van der Waals surface area contributed by atoms with E-state index in [0.717, 1.165) is 11.1 Å². The minimum Gasteiger partial charge on any atom is -0.497 e. The molecule has 0 radical (unpaired) electrons. The van der Waals surface area contributed by atoms with Crippen LogP contribution < -0.4 is 10.1 Å². The molecule has 0 aliphatic carbocycles. The highest BCUT2D eigenvalue weighted by molar-refractivity contribution is 6.48. The van der Waals surface area contributed by atoms with E-state index in [9.17, 15) is 9.59 Å². The number of rotatable bonds is 6. The van der Waals surface area contributed by atoms with Crippen LogP contribution >= 0.6 is 11.6 Å². The number of nitrogens with one attached hydrogen (secondary N) is 1. The Balaban J connectivity index is 1.79. The highest BCUT2D eigenvalue weighted by atomic mass is 35.5. The number of fused-ring (bicyclic) bond motifs is 1. The van der Waals surface area contributed by atoms with Crippen LogP contribution in [0.4, 0.5) is 5.82 Å². The summed E-state index contributed by atoms with van der Waals surface area (Å²) in [5.41, 5.74) is 2.83. The number of Topliss-reactive ketones (excluding diaryl/α,β-unsaturated/α-hetero) is 1. The summed E-state index contributed by atoms with van der Waals surface area (Å²) in [6, 6.07) is 14.4. The van der Waals surface area contributed by atoms with E-state index in [0.29, 0.717) is 34.0 Å². The summed E-state index contributed by atoms with van der Waals surface area (Å²) >= 11 is 5.99. The molecule has 2 aromatic heterocycles. The molecule has 1 N–H and O–H groups in total. The van der Waals surface area contributed by atoms with Gasteiger partial charge in [0.2, 0.25) is 0 Å². The third kappa shape index (κ3) is 3.67. The number of nitrogens with zero attached hydrogens (tertiary/aromatic N) is 2. The first-order valence-corrected chi connectivity index (χ1v) is 9.53. The monoisotopic (exact) mass is 423 g/mol. The molecule has 0 aliphatic rings. The molecular weight excluding hydrogens is 406 g/mol. The summed E-state index contributed by atoms with van der Waals surface area (Å²) in [7, 11) is 1.55. The van der Waals surface area contributed by atoms with Gasteiger partial charge in [0.05, 0.1) is 12.7 Å². The molecule has 0 saturated heterocycles. The molecule has 0 spiro atoms. The van der Waals surface area contributed by atoms with Gasteiger partial charge in [-0.2, -0.15) is 0 Å². The molecule has 0 bridgehead atoms. The number of carbonyl (C=O) groups excluding carboxylic acids is 2. The summed E-state index contributed by atoms with van der Waals surface area (Å²) < 4.78 is 12.0. The number of carbonyl (C=O) groups is 2. The molecule has 1 amide bonds. The molecule has 8 heteroatoms. The maximum absolute atomic E-state index is 13.1. The van der Waals surface area contributed by atoms with Crippen molar-refractivity contribution in [2.45, 2.75) is 13.5 Å². The number of benzene rings is 2. The number of hydrogen-bond acceptors (Lipinski definition) is 5. The fourth-order valence-corrected chi connectivity index (χ4v) is 3.54. The summed E-state index contributed by atoms with van der Waals surface area (Å²) in [6.07, 6.45) is 1.31. The third-order valence-corrected chi connectivity index (χ3v) is 5.15. The first kappa shape index (κ1) is 19.7. The largest absolute Gasteiger partial charge is 0.497 e. The molecular formula is C22H18ClN3O4. The SMILES string of the molecule is COc1ccc2c(c1)c(C(=O)C(=O)Nc1ccon1)c(C)n2Cc1ccc(Cl)cc1. The molecule has 0 unspecified atom stereocenters. The van der Waals surface area contributed by atoms with Crippen LogP contribution in [0.1, 0.15) is 21.6 Å². The molecule has 0 fully saturated rings. The van der Waals surface area contributed by atoms with Crippen LogP contribution in [0.2, 0.25) is 5.02 Å².